The second-order valence-corrected chi connectivity index (χ2v) is 8.18. The molecule has 0 heterocycles. The van der Waals surface area contributed by atoms with Gasteiger partial charge in [0, 0.05) is 16.7 Å². The first-order valence-corrected chi connectivity index (χ1v) is 10.6. The van der Waals surface area contributed by atoms with Crippen molar-refractivity contribution in [2.45, 2.75) is 26.2 Å². The fraction of sp³-hybridized carbons (Fsp3) is 0.154. The number of nitrogen functional groups attached to an aromatic ring is 2. The number of carbonyl (C=O) groups excluding carboxylic acids is 2. The van der Waals surface area contributed by atoms with Gasteiger partial charge in [0.25, 0.3) is 11.8 Å². The van der Waals surface area contributed by atoms with Crippen LogP contribution in [0.2, 0.25) is 0 Å². The standard InChI is InChI=1S/C26H26N4O4/c1-15(2)17-7-9-18(10-8-17)25(33)30(22-11-6-16(12-21(22)27)13-23(31)32)26(34)20-5-3-4-19(14-20)24(28)29/h3-12,14-15H,13,27H2,1-2H3,(H3,28,29)(H,31,32). The van der Waals surface area contributed by atoms with Crippen LogP contribution in [0.5, 0.6) is 0 Å². The maximum atomic E-state index is 13.6. The summed E-state index contributed by atoms with van der Waals surface area (Å²) < 4.78 is 0. The van der Waals surface area contributed by atoms with Crippen LogP contribution in [-0.4, -0.2) is 28.7 Å². The van der Waals surface area contributed by atoms with Crippen LogP contribution in [0.3, 0.4) is 0 Å². The van der Waals surface area contributed by atoms with E-state index in [2.05, 4.69) is 0 Å². The Hall–Kier alpha value is -4.46. The topological polar surface area (TPSA) is 151 Å². The van der Waals surface area contributed by atoms with E-state index in [4.69, 9.17) is 22.0 Å². The molecule has 0 saturated heterocycles. The van der Waals surface area contributed by atoms with Gasteiger partial charge in [-0.05, 0) is 53.4 Å². The molecule has 3 rings (SSSR count). The quantitative estimate of drug-likeness (QED) is 0.183. The Morgan fingerprint density at radius 1 is 0.912 bits per heavy atom. The number of hydrogen-bond donors (Lipinski definition) is 4. The Balaban J connectivity index is 2.10. The molecule has 0 unspecified atom stereocenters. The molecular formula is C26H26N4O4. The minimum absolute atomic E-state index is 0.0852. The van der Waals surface area contributed by atoms with E-state index in [1.54, 1.807) is 24.3 Å². The van der Waals surface area contributed by atoms with Gasteiger partial charge in [0.1, 0.15) is 5.84 Å². The molecule has 0 saturated carbocycles. The van der Waals surface area contributed by atoms with E-state index in [0.717, 1.165) is 10.5 Å². The SMILES string of the molecule is CC(C)c1ccc(C(=O)N(C(=O)c2cccc(C(=N)N)c2)c2ccc(CC(=O)O)cc2N)cc1. The predicted molar refractivity (Wildman–Crippen MR) is 131 cm³/mol. The number of aliphatic carboxylic acids is 1. The number of nitrogens with two attached hydrogens (primary N) is 2. The number of amides is 2. The van der Waals surface area contributed by atoms with Crippen LogP contribution in [0.15, 0.2) is 66.7 Å². The monoisotopic (exact) mass is 458 g/mol. The van der Waals surface area contributed by atoms with Crippen LogP contribution in [0, 0.1) is 5.41 Å². The van der Waals surface area contributed by atoms with Crippen molar-refractivity contribution < 1.29 is 19.5 Å². The average Bonchev–Trinajstić information content (AvgIpc) is 2.80. The molecule has 0 radical (unpaired) electrons. The lowest BCUT2D eigenvalue weighted by Crippen LogP contribution is -2.37. The normalized spacial score (nSPS) is 10.7. The van der Waals surface area contributed by atoms with Crippen LogP contribution < -0.4 is 16.4 Å². The highest BCUT2D eigenvalue weighted by molar-refractivity contribution is 6.27. The third kappa shape index (κ3) is 5.29. The number of carboxylic acids is 1. The molecule has 8 nitrogen and oxygen atoms in total. The van der Waals surface area contributed by atoms with Crippen LogP contribution in [0.1, 0.15) is 57.2 Å². The fourth-order valence-electron chi connectivity index (χ4n) is 3.49. The van der Waals surface area contributed by atoms with Crippen molar-refractivity contribution in [1.29, 1.82) is 5.41 Å². The van der Waals surface area contributed by atoms with E-state index in [0.29, 0.717) is 11.1 Å². The fourth-order valence-corrected chi connectivity index (χ4v) is 3.49. The van der Waals surface area contributed by atoms with Crippen LogP contribution in [0.4, 0.5) is 11.4 Å². The minimum atomic E-state index is -1.03. The van der Waals surface area contributed by atoms with Gasteiger partial charge in [-0.15, -0.1) is 0 Å². The van der Waals surface area contributed by atoms with Crippen LogP contribution in [0.25, 0.3) is 0 Å². The van der Waals surface area contributed by atoms with E-state index in [1.807, 2.05) is 26.0 Å². The summed E-state index contributed by atoms with van der Waals surface area (Å²) in [6.45, 7) is 4.07. The van der Waals surface area contributed by atoms with Crippen molar-refractivity contribution in [3.05, 3.63) is 94.5 Å². The highest BCUT2D eigenvalue weighted by Crippen LogP contribution is 2.29. The van der Waals surface area contributed by atoms with E-state index in [1.165, 1.54) is 30.3 Å². The van der Waals surface area contributed by atoms with E-state index in [9.17, 15) is 14.4 Å². The van der Waals surface area contributed by atoms with E-state index >= 15 is 0 Å². The number of rotatable bonds is 7. The number of nitrogens with zero attached hydrogens (tertiary/aromatic N) is 1. The number of anilines is 2. The molecule has 0 spiro atoms. The largest absolute Gasteiger partial charge is 0.481 e. The summed E-state index contributed by atoms with van der Waals surface area (Å²) in [6.07, 6.45) is -0.246. The number of carboxylic acid groups (broad SMARTS) is 1. The van der Waals surface area contributed by atoms with Gasteiger partial charge in [-0.1, -0.05) is 44.2 Å². The first-order chi connectivity index (χ1) is 16.1. The first kappa shape index (κ1) is 24.2. The van der Waals surface area contributed by atoms with Crippen molar-refractivity contribution in [3.8, 4) is 0 Å². The molecule has 6 N–H and O–H groups in total. The molecule has 0 fully saturated rings. The van der Waals surface area contributed by atoms with Gasteiger partial charge >= 0.3 is 5.97 Å². The number of benzene rings is 3. The molecule has 8 heteroatoms. The molecule has 3 aromatic rings. The van der Waals surface area contributed by atoms with E-state index in [-0.39, 0.29) is 40.7 Å². The number of imide groups is 1. The Bertz CT molecular complexity index is 1270. The van der Waals surface area contributed by atoms with Gasteiger partial charge < -0.3 is 16.6 Å². The second-order valence-electron chi connectivity index (χ2n) is 8.18. The summed E-state index contributed by atoms with van der Waals surface area (Å²) in [4.78, 5) is 39.2. The molecule has 3 aromatic carbocycles. The Morgan fingerprint density at radius 2 is 1.53 bits per heavy atom. The molecule has 2 amide bonds. The Morgan fingerprint density at radius 3 is 2.09 bits per heavy atom. The van der Waals surface area contributed by atoms with Gasteiger partial charge in [-0.2, -0.15) is 0 Å². The van der Waals surface area contributed by atoms with Crippen molar-refractivity contribution in [2.75, 3.05) is 10.6 Å². The third-order valence-electron chi connectivity index (χ3n) is 5.34. The Labute approximate surface area is 197 Å². The van der Waals surface area contributed by atoms with Crippen molar-refractivity contribution >= 4 is 35.0 Å². The second kappa shape index (κ2) is 9.99. The maximum Gasteiger partial charge on any atom is 0.307 e. The molecule has 0 atom stereocenters. The maximum absolute atomic E-state index is 13.6. The van der Waals surface area contributed by atoms with Crippen LogP contribution in [-0.2, 0) is 11.2 Å². The molecule has 0 aromatic heterocycles. The molecule has 34 heavy (non-hydrogen) atoms. The zero-order chi connectivity index (χ0) is 25.0. The lowest BCUT2D eigenvalue weighted by molar-refractivity contribution is -0.136. The lowest BCUT2D eigenvalue weighted by atomic mass is 10.0. The summed E-state index contributed by atoms with van der Waals surface area (Å²) in [5.74, 6) is -2.21. The first-order valence-electron chi connectivity index (χ1n) is 10.6. The van der Waals surface area contributed by atoms with Crippen molar-refractivity contribution in [2.24, 2.45) is 5.73 Å². The highest BCUT2D eigenvalue weighted by Gasteiger charge is 2.28. The number of nitrogens with one attached hydrogen (secondary N) is 1. The molecule has 0 aliphatic rings. The van der Waals surface area contributed by atoms with Crippen molar-refractivity contribution in [1.82, 2.24) is 0 Å². The minimum Gasteiger partial charge on any atom is -0.481 e. The summed E-state index contributed by atoms with van der Waals surface area (Å²) in [5.41, 5.74) is 14.2. The molecule has 0 bridgehead atoms. The number of carbonyl (C=O) groups is 3. The zero-order valence-electron chi connectivity index (χ0n) is 18.9. The van der Waals surface area contributed by atoms with Gasteiger partial charge in [0.2, 0.25) is 0 Å². The molecule has 0 aliphatic carbocycles. The predicted octanol–water partition coefficient (Wildman–Crippen LogP) is 3.79. The van der Waals surface area contributed by atoms with Gasteiger partial charge in [-0.3, -0.25) is 19.8 Å². The van der Waals surface area contributed by atoms with Gasteiger partial charge in [0.05, 0.1) is 17.8 Å². The molecular weight excluding hydrogens is 432 g/mol. The smallest absolute Gasteiger partial charge is 0.307 e. The van der Waals surface area contributed by atoms with Crippen LogP contribution >= 0.6 is 0 Å². The summed E-state index contributed by atoms with van der Waals surface area (Å²) in [5, 5.41) is 16.7. The van der Waals surface area contributed by atoms with Crippen molar-refractivity contribution in [3.63, 3.8) is 0 Å². The average molecular weight is 459 g/mol. The van der Waals surface area contributed by atoms with Gasteiger partial charge in [-0.25, -0.2) is 4.90 Å². The molecule has 174 valence electrons. The number of amidine groups is 1. The third-order valence-corrected chi connectivity index (χ3v) is 5.34. The summed E-state index contributed by atoms with van der Waals surface area (Å²) in [6, 6.07) is 17.5. The zero-order valence-corrected chi connectivity index (χ0v) is 18.9. The summed E-state index contributed by atoms with van der Waals surface area (Å²) in [7, 11) is 0. The van der Waals surface area contributed by atoms with E-state index < -0.39 is 17.8 Å². The summed E-state index contributed by atoms with van der Waals surface area (Å²) >= 11 is 0. The Kier molecular flexibility index (Phi) is 7.11. The molecule has 0 aliphatic heterocycles. The lowest BCUT2D eigenvalue weighted by Gasteiger charge is -2.23. The highest BCUT2D eigenvalue weighted by atomic mass is 16.4. The number of hydrogen-bond acceptors (Lipinski definition) is 5. The van der Waals surface area contributed by atoms with Gasteiger partial charge in [0.15, 0.2) is 0 Å².